The number of carbonyl (C=O) groups excluding carboxylic acids is 1. The van der Waals surface area contributed by atoms with Crippen LogP contribution in [0.5, 0.6) is 11.5 Å². The van der Waals surface area contributed by atoms with Crippen LogP contribution in [0.2, 0.25) is 0 Å². The van der Waals surface area contributed by atoms with E-state index in [4.69, 9.17) is 9.47 Å². The van der Waals surface area contributed by atoms with Crippen LogP contribution < -0.4 is 15.4 Å². The Bertz CT molecular complexity index is 663. The summed E-state index contributed by atoms with van der Waals surface area (Å²) in [5, 5.41) is 5.65. The van der Waals surface area contributed by atoms with Crippen LogP contribution in [-0.4, -0.2) is 37.7 Å². The molecule has 2 aromatic rings. The number of nitrogens with one attached hydrogen (secondary N) is 2. The highest BCUT2D eigenvalue weighted by Gasteiger charge is 2.07. The number of aromatic nitrogens is 1. The molecular weight excluding hydrogens is 384 g/mol. The van der Waals surface area contributed by atoms with E-state index in [0.29, 0.717) is 24.5 Å². The van der Waals surface area contributed by atoms with Gasteiger partial charge in [-0.2, -0.15) is 0 Å². The summed E-state index contributed by atoms with van der Waals surface area (Å²) < 4.78 is 24.4. The molecule has 0 aliphatic carbocycles. The Balaban J connectivity index is 0.00000312. The van der Waals surface area contributed by atoms with E-state index in [0.717, 1.165) is 0 Å². The van der Waals surface area contributed by atoms with Gasteiger partial charge in [0.2, 0.25) is 5.91 Å². The first-order chi connectivity index (χ1) is 11.7. The highest BCUT2D eigenvalue weighted by atomic mass is 35.5. The van der Waals surface area contributed by atoms with E-state index in [1.807, 2.05) is 0 Å². The van der Waals surface area contributed by atoms with Crippen molar-refractivity contribution in [3.05, 3.63) is 54.1 Å². The average molecular weight is 406 g/mol. The Kier molecular flexibility index (Phi) is 12.3. The highest BCUT2D eigenvalue weighted by molar-refractivity contribution is 5.85. The van der Waals surface area contributed by atoms with Crippen molar-refractivity contribution < 1.29 is 18.7 Å². The van der Waals surface area contributed by atoms with Gasteiger partial charge in [0.25, 0.3) is 0 Å². The summed E-state index contributed by atoms with van der Waals surface area (Å²) in [6, 6.07) is 7.97. The minimum atomic E-state index is -0.496. The number of nitrogens with zero attached hydrogens (tertiary/aromatic N) is 1. The molecule has 0 saturated heterocycles. The van der Waals surface area contributed by atoms with E-state index in [1.165, 1.54) is 18.3 Å². The van der Waals surface area contributed by atoms with Crippen LogP contribution in [0, 0.1) is 5.82 Å². The van der Waals surface area contributed by atoms with Crippen molar-refractivity contribution in [1.82, 2.24) is 15.6 Å². The van der Waals surface area contributed by atoms with Crippen LogP contribution in [-0.2, 0) is 16.1 Å². The van der Waals surface area contributed by atoms with E-state index in [1.54, 1.807) is 31.5 Å². The lowest BCUT2D eigenvalue weighted by molar-refractivity contribution is -0.120. The number of amides is 1. The lowest BCUT2D eigenvalue weighted by Gasteiger charge is -2.09. The van der Waals surface area contributed by atoms with E-state index >= 15 is 0 Å². The molecule has 26 heavy (non-hydrogen) atoms. The van der Waals surface area contributed by atoms with E-state index in [9.17, 15) is 9.18 Å². The normalized spacial score (nSPS) is 9.62. The van der Waals surface area contributed by atoms with Crippen LogP contribution >= 0.6 is 24.8 Å². The van der Waals surface area contributed by atoms with Crippen molar-refractivity contribution in [3.8, 4) is 11.5 Å². The fourth-order valence-electron chi connectivity index (χ4n) is 1.91. The summed E-state index contributed by atoms with van der Waals surface area (Å²) in [4.78, 5) is 15.5. The predicted octanol–water partition coefficient (Wildman–Crippen LogP) is 2.71. The molecule has 2 rings (SSSR count). The van der Waals surface area contributed by atoms with Gasteiger partial charge in [-0.25, -0.2) is 4.39 Å². The number of pyridine rings is 1. The Morgan fingerprint density at radius 1 is 1.27 bits per heavy atom. The standard InChI is InChI=1S/C17H20FN3O3.2ClH/c1-23-8-7-20-12-17(22)21-10-13-4-5-16(15(18)9-13)24-14-3-2-6-19-11-14;;/h2-6,9,11,20H,7-8,10,12H2,1H3,(H,21,22);2*1H. The van der Waals surface area contributed by atoms with Crippen LogP contribution in [0.25, 0.3) is 0 Å². The minimum absolute atomic E-state index is 0. The van der Waals surface area contributed by atoms with Crippen LogP contribution in [0.1, 0.15) is 5.56 Å². The Hall–Kier alpha value is -1.93. The third-order valence-electron chi connectivity index (χ3n) is 3.12. The average Bonchev–Trinajstić information content (AvgIpc) is 2.60. The van der Waals surface area contributed by atoms with Gasteiger partial charge in [-0.1, -0.05) is 6.07 Å². The van der Waals surface area contributed by atoms with Crippen molar-refractivity contribution in [2.45, 2.75) is 6.54 Å². The number of ether oxygens (including phenoxy) is 2. The minimum Gasteiger partial charge on any atom is -0.453 e. The first-order valence-corrected chi connectivity index (χ1v) is 7.51. The zero-order valence-corrected chi connectivity index (χ0v) is 15.9. The van der Waals surface area contributed by atoms with Crippen molar-refractivity contribution in [2.24, 2.45) is 0 Å². The van der Waals surface area contributed by atoms with Gasteiger partial charge >= 0.3 is 0 Å². The van der Waals surface area contributed by atoms with Gasteiger partial charge in [0.05, 0.1) is 19.3 Å². The van der Waals surface area contributed by atoms with Gasteiger partial charge in [0, 0.05) is 26.4 Å². The van der Waals surface area contributed by atoms with Gasteiger partial charge in [-0.15, -0.1) is 24.8 Å². The van der Waals surface area contributed by atoms with Crippen molar-refractivity contribution >= 4 is 30.7 Å². The molecule has 1 aromatic carbocycles. The Labute approximate surface area is 164 Å². The second kappa shape index (κ2) is 13.3. The van der Waals surface area contributed by atoms with Crippen LogP contribution in [0.15, 0.2) is 42.7 Å². The summed E-state index contributed by atoms with van der Waals surface area (Å²) >= 11 is 0. The summed E-state index contributed by atoms with van der Waals surface area (Å²) in [6.07, 6.45) is 3.11. The van der Waals surface area contributed by atoms with Gasteiger partial charge in [-0.3, -0.25) is 9.78 Å². The number of hydrogen-bond acceptors (Lipinski definition) is 5. The number of benzene rings is 1. The molecule has 1 heterocycles. The lowest BCUT2D eigenvalue weighted by Crippen LogP contribution is -2.34. The molecule has 0 aliphatic rings. The second-order valence-electron chi connectivity index (χ2n) is 5.00. The number of halogens is 3. The van der Waals surface area contributed by atoms with Gasteiger partial charge < -0.3 is 20.1 Å². The molecule has 2 N–H and O–H groups in total. The number of rotatable bonds is 9. The molecule has 0 saturated carbocycles. The highest BCUT2D eigenvalue weighted by Crippen LogP contribution is 2.24. The molecular formula is C17H22Cl2FN3O3. The largest absolute Gasteiger partial charge is 0.453 e. The molecule has 1 aromatic heterocycles. The van der Waals surface area contributed by atoms with Crippen molar-refractivity contribution in [1.29, 1.82) is 0 Å². The monoisotopic (exact) mass is 405 g/mol. The molecule has 0 fully saturated rings. The van der Waals surface area contributed by atoms with E-state index < -0.39 is 5.82 Å². The smallest absolute Gasteiger partial charge is 0.234 e. The number of carbonyl (C=O) groups is 1. The predicted molar refractivity (Wildman–Crippen MR) is 102 cm³/mol. The van der Waals surface area contributed by atoms with Crippen LogP contribution in [0.3, 0.4) is 0 Å². The first-order valence-electron chi connectivity index (χ1n) is 7.51. The lowest BCUT2D eigenvalue weighted by atomic mass is 10.2. The Morgan fingerprint density at radius 3 is 2.73 bits per heavy atom. The summed E-state index contributed by atoms with van der Waals surface area (Å²) in [7, 11) is 1.60. The summed E-state index contributed by atoms with van der Waals surface area (Å²) in [6.45, 7) is 1.57. The third-order valence-corrected chi connectivity index (χ3v) is 3.12. The first kappa shape index (κ1) is 24.1. The second-order valence-corrected chi connectivity index (χ2v) is 5.00. The third kappa shape index (κ3) is 8.44. The maximum atomic E-state index is 14.1. The summed E-state index contributed by atoms with van der Waals surface area (Å²) in [5.74, 6) is -0.0927. The molecule has 6 nitrogen and oxygen atoms in total. The SMILES string of the molecule is COCCNCC(=O)NCc1ccc(Oc2cccnc2)c(F)c1.Cl.Cl. The maximum absolute atomic E-state index is 14.1. The molecule has 0 aliphatic heterocycles. The summed E-state index contributed by atoms with van der Waals surface area (Å²) in [5.41, 5.74) is 0.649. The Morgan fingerprint density at radius 2 is 2.08 bits per heavy atom. The molecule has 0 bridgehead atoms. The van der Waals surface area contributed by atoms with Crippen molar-refractivity contribution in [2.75, 3.05) is 26.8 Å². The van der Waals surface area contributed by atoms with Gasteiger partial charge in [-0.05, 0) is 29.8 Å². The molecule has 0 atom stereocenters. The van der Waals surface area contributed by atoms with Gasteiger partial charge in [0.15, 0.2) is 11.6 Å². The van der Waals surface area contributed by atoms with Gasteiger partial charge in [0.1, 0.15) is 5.75 Å². The fraction of sp³-hybridized carbons (Fsp3) is 0.294. The van der Waals surface area contributed by atoms with E-state index in [-0.39, 0.29) is 49.6 Å². The quantitative estimate of drug-likeness (QED) is 0.627. The maximum Gasteiger partial charge on any atom is 0.234 e. The number of methoxy groups -OCH3 is 1. The molecule has 0 spiro atoms. The molecule has 0 radical (unpaired) electrons. The van der Waals surface area contributed by atoms with Crippen molar-refractivity contribution in [3.63, 3.8) is 0 Å². The van der Waals surface area contributed by atoms with Crippen LogP contribution in [0.4, 0.5) is 4.39 Å². The zero-order valence-electron chi connectivity index (χ0n) is 14.2. The number of hydrogen-bond donors (Lipinski definition) is 2. The molecule has 144 valence electrons. The molecule has 1 amide bonds. The molecule has 9 heteroatoms. The topological polar surface area (TPSA) is 72.5 Å². The molecule has 0 unspecified atom stereocenters. The zero-order chi connectivity index (χ0) is 17.2. The van der Waals surface area contributed by atoms with E-state index in [2.05, 4.69) is 15.6 Å². The fourth-order valence-corrected chi connectivity index (χ4v) is 1.91.